The van der Waals surface area contributed by atoms with Crippen LogP contribution in [0.4, 0.5) is 0 Å². The first kappa shape index (κ1) is 12.8. The van der Waals surface area contributed by atoms with Crippen molar-refractivity contribution < 1.29 is 31.1 Å². The first-order valence-electron chi connectivity index (χ1n) is 4.40. The van der Waals surface area contributed by atoms with Crippen molar-refractivity contribution in [3.05, 3.63) is 46.6 Å². The van der Waals surface area contributed by atoms with E-state index in [-0.39, 0.29) is 37.2 Å². The molecule has 0 saturated heterocycles. The fraction of sp³-hybridized carbons (Fsp3) is 0.182. The van der Waals surface area contributed by atoms with E-state index in [2.05, 4.69) is 22.6 Å². The third-order valence-electron chi connectivity index (χ3n) is 2.19. The van der Waals surface area contributed by atoms with E-state index in [1.165, 1.54) is 0 Å². The largest absolute Gasteiger partial charge is 0.445 e. The zero-order valence-electron chi connectivity index (χ0n) is 8.29. The Balaban J connectivity index is 0.00000112. The van der Waals surface area contributed by atoms with Crippen molar-refractivity contribution in [2.75, 3.05) is 0 Å². The molecule has 1 aromatic rings. The van der Waals surface area contributed by atoms with Gasteiger partial charge in [0.2, 0.25) is 0 Å². The normalized spacial score (nSPS) is 18.1. The van der Waals surface area contributed by atoms with E-state index in [0.29, 0.717) is 0 Å². The number of aliphatic imine (C=N–C) groups is 1. The standard InChI is InChI=1S/C11H10ClN2.U/c1-8-2-3-9(6-10(8)12)11-4-5-13-7-14-11;/h2-4,6-7,11H,1H3,(H,13,14);/q-1;. The smallest absolute Gasteiger partial charge is 0.0438 e. The van der Waals surface area contributed by atoms with Gasteiger partial charge in [-0.1, -0.05) is 30.1 Å². The Labute approximate surface area is 118 Å². The molecule has 15 heavy (non-hydrogen) atoms. The minimum absolute atomic E-state index is 0. The number of nitrogens with one attached hydrogen (secondary N) is 1. The van der Waals surface area contributed by atoms with Crippen LogP contribution in [0, 0.1) is 44.2 Å². The summed E-state index contributed by atoms with van der Waals surface area (Å²) in [6.07, 6.45) is 6.32. The van der Waals surface area contributed by atoms with Gasteiger partial charge in [-0.25, -0.2) is 0 Å². The summed E-state index contributed by atoms with van der Waals surface area (Å²) in [4.78, 5) is 3.82. The van der Waals surface area contributed by atoms with Crippen molar-refractivity contribution in [3.8, 4) is 0 Å². The SMILES string of the molecule is Cc1ccc(C2C=[C-]N=CN2)cc1Cl.[U]. The second kappa shape index (κ2) is 5.75. The van der Waals surface area contributed by atoms with Crippen LogP contribution in [0.25, 0.3) is 0 Å². The Kier molecular flexibility index (Phi) is 4.92. The molecule has 1 aliphatic heterocycles. The number of aryl methyl sites for hydroxylation is 1. The van der Waals surface area contributed by atoms with Crippen LogP contribution in [0.5, 0.6) is 0 Å². The van der Waals surface area contributed by atoms with Gasteiger partial charge >= 0.3 is 0 Å². The molecule has 76 valence electrons. The molecule has 0 radical (unpaired) electrons. The number of rotatable bonds is 1. The average Bonchev–Trinajstić information content (AvgIpc) is 2.23. The van der Waals surface area contributed by atoms with E-state index < -0.39 is 0 Å². The van der Waals surface area contributed by atoms with E-state index in [1.807, 2.05) is 25.1 Å². The number of nitrogens with zero attached hydrogens (tertiary/aromatic N) is 1. The molecule has 1 aliphatic rings. The maximum atomic E-state index is 6.04. The summed E-state index contributed by atoms with van der Waals surface area (Å²) in [5.41, 5.74) is 2.21. The van der Waals surface area contributed by atoms with Crippen LogP contribution in [0.15, 0.2) is 29.3 Å². The van der Waals surface area contributed by atoms with Gasteiger partial charge in [-0.2, -0.15) is 6.20 Å². The van der Waals surface area contributed by atoms with Crippen LogP contribution in [0.2, 0.25) is 5.02 Å². The van der Waals surface area contributed by atoms with Crippen LogP contribution >= 0.6 is 11.6 Å². The topological polar surface area (TPSA) is 24.4 Å². The van der Waals surface area contributed by atoms with E-state index in [1.54, 1.807) is 6.34 Å². The molecule has 1 N–H and O–H groups in total. The molecule has 1 unspecified atom stereocenters. The van der Waals surface area contributed by atoms with E-state index in [9.17, 15) is 0 Å². The first-order chi connectivity index (χ1) is 6.77. The quantitative estimate of drug-likeness (QED) is 0.663. The first-order valence-corrected chi connectivity index (χ1v) is 4.77. The molecule has 0 aromatic heterocycles. The van der Waals surface area contributed by atoms with Crippen molar-refractivity contribution >= 4 is 17.9 Å². The third kappa shape index (κ3) is 3.11. The van der Waals surface area contributed by atoms with E-state index in [4.69, 9.17) is 11.6 Å². The average molecular weight is 444 g/mol. The maximum absolute atomic E-state index is 6.04. The Bertz CT molecular complexity index is 402. The zero-order chi connectivity index (χ0) is 9.97. The third-order valence-corrected chi connectivity index (χ3v) is 2.60. The Morgan fingerprint density at radius 2 is 2.27 bits per heavy atom. The molecule has 1 atom stereocenters. The summed E-state index contributed by atoms with van der Waals surface area (Å²) >= 11 is 6.04. The van der Waals surface area contributed by atoms with Crippen molar-refractivity contribution in [3.63, 3.8) is 0 Å². The number of hydrogen-bond acceptors (Lipinski definition) is 2. The van der Waals surface area contributed by atoms with Crippen LogP contribution in [-0.4, -0.2) is 6.34 Å². The van der Waals surface area contributed by atoms with Crippen LogP contribution in [0.3, 0.4) is 0 Å². The predicted octanol–water partition coefficient (Wildman–Crippen LogP) is 2.64. The number of benzene rings is 1. The van der Waals surface area contributed by atoms with Crippen LogP contribution in [-0.2, 0) is 0 Å². The molecule has 2 rings (SSSR count). The van der Waals surface area contributed by atoms with Gasteiger partial charge in [0.25, 0.3) is 0 Å². The summed E-state index contributed by atoms with van der Waals surface area (Å²) in [7, 11) is 0. The second-order valence-electron chi connectivity index (χ2n) is 3.21. The summed E-state index contributed by atoms with van der Waals surface area (Å²) in [6.45, 7) is 1.99. The van der Waals surface area contributed by atoms with Gasteiger partial charge in [-0.05, 0) is 24.1 Å². The maximum Gasteiger partial charge on any atom is 0.0438 e. The molecule has 1 heterocycles. The summed E-state index contributed by atoms with van der Waals surface area (Å²) < 4.78 is 0. The molecule has 4 heteroatoms. The van der Waals surface area contributed by atoms with Crippen molar-refractivity contribution in [2.45, 2.75) is 13.0 Å². The molecule has 0 saturated carbocycles. The van der Waals surface area contributed by atoms with Gasteiger partial charge < -0.3 is 10.3 Å². The monoisotopic (exact) mass is 443 g/mol. The van der Waals surface area contributed by atoms with Crippen LogP contribution < -0.4 is 5.32 Å². The molecule has 0 aliphatic carbocycles. The fourth-order valence-electron chi connectivity index (χ4n) is 1.32. The molecule has 0 spiro atoms. The molecule has 0 amide bonds. The van der Waals surface area contributed by atoms with Gasteiger partial charge in [0.1, 0.15) is 0 Å². The predicted molar refractivity (Wildman–Crippen MR) is 58.4 cm³/mol. The van der Waals surface area contributed by atoms with Crippen molar-refractivity contribution in [1.29, 1.82) is 0 Å². The van der Waals surface area contributed by atoms with Gasteiger partial charge in [0, 0.05) is 42.2 Å². The van der Waals surface area contributed by atoms with Gasteiger partial charge in [-0.15, -0.1) is 6.08 Å². The molecule has 0 fully saturated rings. The Hall–Kier alpha value is -0.228. The zero-order valence-corrected chi connectivity index (χ0v) is 13.2. The second-order valence-corrected chi connectivity index (χ2v) is 3.61. The molecular formula is C11H10ClN2U-. The molecule has 0 bridgehead atoms. The molecule has 1 aromatic carbocycles. The summed E-state index contributed by atoms with van der Waals surface area (Å²) in [5, 5.41) is 3.91. The Morgan fingerprint density at radius 1 is 1.47 bits per heavy atom. The summed E-state index contributed by atoms with van der Waals surface area (Å²) in [5.74, 6) is 0. The summed E-state index contributed by atoms with van der Waals surface area (Å²) in [6, 6.07) is 6.16. The van der Waals surface area contributed by atoms with Crippen molar-refractivity contribution in [2.24, 2.45) is 4.99 Å². The van der Waals surface area contributed by atoms with E-state index in [0.717, 1.165) is 16.1 Å². The number of hydrogen-bond donors (Lipinski definition) is 1. The molecule has 2 nitrogen and oxygen atoms in total. The Morgan fingerprint density at radius 3 is 2.87 bits per heavy atom. The number of halogens is 1. The minimum Gasteiger partial charge on any atom is -0.445 e. The van der Waals surface area contributed by atoms with Gasteiger partial charge in [-0.3, -0.25) is 0 Å². The minimum atomic E-state index is 0. The van der Waals surface area contributed by atoms with E-state index >= 15 is 0 Å². The molecular weight excluding hydrogens is 434 g/mol. The van der Waals surface area contributed by atoms with Gasteiger partial charge in [0.15, 0.2) is 0 Å². The van der Waals surface area contributed by atoms with Gasteiger partial charge in [0.05, 0.1) is 0 Å². The van der Waals surface area contributed by atoms with Crippen LogP contribution in [0.1, 0.15) is 17.2 Å². The van der Waals surface area contributed by atoms with Crippen molar-refractivity contribution in [1.82, 2.24) is 5.32 Å². The fourth-order valence-corrected chi connectivity index (χ4v) is 1.50.